The fourth-order valence-corrected chi connectivity index (χ4v) is 2.84. The molecule has 0 heterocycles. The van der Waals surface area contributed by atoms with Crippen molar-refractivity contribution in [3.05, 3.63) is 35.9 Å². The molecule has 0 aliphatic carbocycles. The van der Waals surface area contributed by atoms with Gasteiger partial charge in [-0.15, -0.1) is 0 Å². The van der Waals surface area contributed by atoms with Crippen LogP contribution in [-0.2, 0) is 25.6 Å². The van der Waals surface area contributed by atoms with Crippen LogP contribution in [0.5, 0.6) is 0 Å². The molecule has 1 aromatic carbocycles. The fourth-order valence-electron chi connectivity index (χ4n) is 2.84. The SMILES string of the molecule is CC(O)C(N)C(=O)NCC(=O)NC(CCCN=C(N)N)C(=O)NC(Cc1ccccc1)C(=O)O. The summed E-state index contributed by atoms with van der Waals surface area (Å²) in [5, 5.41) is 26.1. The number of benzene rings is 1. The van der Waals surface area contributed by atoms with E-state index in [4.69, 9.17) is 17.2 Å². The molecule has 0 fully saturated rings. The molecule has 4 atom stereocenters. The first-order chi connectivity index (χ1) is 16.0. The molecular formula is C21H33N7O6. The summed E-state index contributed by atoms with van der Waals surface area (Å²) in [6, 6.07) is 5.20. The van der Waals surface area contributed by atoms with Gasteiger partial charge < -0.3 is 43.4 Å². The van der Waals surface area contributed by atoms with Crippen molar-refractivity contribution < 1.29 is 29.4 Å². The molecule has 0 aliphatic rings. The van der Waals surface area contributed by atoms with Gasteiger partial charge in [0.05, 0.1) is 12.6 Å². The molecule has 0 bridgehead atoms. The first kappa shape index (κ1) is 28.3. The third-order valence-electron chi connectivity index (χ3n) is 4.74. The molecule has 1 rings (SSSR count). The number of nitrogens with zero attached hydrogens (tertiary/aromatic N) is 1. The lowest BCUT2D eigenvalue weighted by Crippen LogP contribution is -2.54. The van der Waals surface area contributed by atoms with Crippen molar-refractivity contribution in [2.45, 2.75) is 50.4 Å². The normalized spacial score (nSPS) is 14.1. The Balaban J connectivity index is 2.82. The average molecular weight is 480 g/mol. The van der Waals surface area contributed by atoms with Crippen LogP contribution in [0.1, 0.15) is 25.3 Å². The van der Waals surface area contributed by atoms with Gasteiger partial charge in [0.25, 0.3) is 0 Å². The molecule has 1 aromatic rings. The Morgan fingerprint density at radius 3 is 2.24 bits per heavy atom. The molecule has 0 radical (unpaired) electrons. The lowest BCUT2D eigenvalue weighted by atomic mass is 10.0. The third kappa shape index (κ3) is 10.7. The number of aliphatic hydroxyl groups excluding tert-OH is 1. The molecule has 13 heteroatoms. The van der Waals surface area contributed by atoms with E-state index in [1.54, 1.807) is 30.3 Å². The number of aliphatic hydroxyl groups is 1. The summed E-state index contributed by atoms with van der Waals surface area (Å²) in [5.74, 6) is -3.53. The Hall–Kier alpha value is -3.71. The lowest BCUT2D eigenvalue weighted by Gasteiger charge is -2.22. The summed E-state index contributed by atoms with van der Waals surface area (Å²) < 4.78 is 0. The van der Waals surface area contributed by atoms with Crippen LogP contribution in [0.3, 0.4) is 0 Å². The maximum Gasteiger partial charge on any atom is 0.326 e. The van der Waals surface area contributed by atoms with E-state index in [1.165, 1.54) is 6.92 Å². The minimum atomic E-state index is -1.23. The van der Waals surface area contributed by atoms with Gasteiger partial charge in [-0.2, -0.15) is 0 Å². The molecule has 0 saturated carbocycles. The van der Waals surface area contributed by atoms with Crippen molar-refractivity contribution in [3.8, 4) is 0 Å². The number of carboxylic acids is 1. The van der Waals surface area contributed by atoms with Gasteiger partial charge in [-0.1, -0.05) is 30.3 Å². The number of carbonyl (C=O) groups excluding carboxylic acids is 3. The zero-order valence-corrected chi connectivity index (χ0v) is 18.9. The summed E-state index contributed by atoms with van der Waals surface area (Å²) in [4.78, 5) is 52.5. The minimum Gasteiger partial charge on any atom is -0.480 e. The van der Waals surface area contributed by atoms with Crippen molar-refractivity contribution in [3.63, 3.8) is 0 Å². The number of carbonyl (C=O) groups is 4. The molecule has 34 heavy (non-hydrogen) atoms. The van der Waals surface area contributed by atoms with Crippen LogP contribution >= 0.6 is 0 Å². The largest absolute Gasteiger partial charge is 0.480 e. The third-order valence-corrected chi connectivity index (χ3v) is 4.74. The minimum absolute atomic E-state index is 0.0455. The van der Waals surface area contributed by atoms with Gasteiger partial charge in [0.15, 0.2) is 5.96 Å². The van der Waals surface area contributed by atoms with Crippen molar-refractivity contribution in [2.75, 3.05) is 13.1 Å². The predicted octanol–water partition coefficient (Wildman–Crippen LogP) is -2.84. The topological polar surface area (TPSA) is 235 Å². The first-order valence-corrected chi connectivity index (χ1v) is 10.6. The van der Waals surface area contributed by atoms with E-state index >= 15 is 0 Å². The predicted molar refractivity (Wildman–Crippen MR) is 124 cm³/mol. The molecular weight excluding hydrogens is 446 g/mol. The van der Waals surface area contributed by atoms with E-state index in [0.717, 1.165) is 0 Å². The summed E-state index contributed by atoms with van der Waals surface area (Å²) in [7, 11) is 0. The molecule has 0 aromatic heterocycles. The van der Waals surface area contributed by atoms with Crippen LogP contribution in [0.15, 0.2) is 35.3 Å². The zero-order valence-electron chi connectivity index (χ0n) is 18.9. The summed E-state index contributed by atoms with van der Waals surface area (Å²) in [5.41, 5.74) is 16.8. The molecule has 11 N–H and O–H groups in total. The second-order valence-corrected chi connectivity index (χ2v) is 7.64. The zero-order chi connectivity index (χ0) is 25.7. The molecule has 0 saturated heterocycles. The van der Waals surface area contributed by atoms with Crippen LogP contribution in [0.25, 0.3) is 0 Å². The van der Waals surface area contributed by atoms with Crippen molar-refractivity contribution >= 4 is 29.7 Å². The number of hydrogen-bond acceptors (Lipinski definition) is 7. The Morgan fingerprint density at radius 1 is 1.03 bits per heavy atom. The van der Waals surface area contributed by atoms with Crippen LogP contribution in [0.2, 0.25) is 0 Å². The number of carboxylic acid groups (broad SMARTS) is 1. The van der Waals surface area contributed by atoms with Crippen LogP contribution in [0, 0.1) is 0 Å². The van der Waals surface area contributed by atoms with E-state index in [-0.39, 0.29) is 25.3 Å². The number of hydrogen-bond donors (Lipinski definition) is 8. The highest BCUT2D eigenvalue weighted by molar-refractivity contribution is 5.92. The van der Waals surface area contributed by atoms with Gasteiger partial charge in [0, 0.05) is 13.0 Å². The summed E-state index contributed by atoms with van der Waals surface area (Å²) >= 11 is 0. The summed E-state index contributed by atoms with van der Waals surface area (Å²) in [6.45, 7) is 1.02. The number of rotatable bonds is 14. The summed E-state index contributed by atoms with van der Waals surface area (Å²) in [6.07, 6.45) is -0.655. The highest BCUT2D eigenvalue weighted by Gasteiger charge is 2.27. The maximum atomic E-state index is 12.8. The van der Waals surface area contributed by atoms with Crippen LogP contribution in [0.4, 0.5) is 0 Å². The van der Waals surface area contributed by atoms with Gasteiger partial charge in [-0.3, -0.25) is 19.4 Å². The van der Waals surface area contributed by atoms with E-state index in [0.29, 0.717) is 12.0 Å². The first-order valence-electron chi connectivity index (χ1n) is 10.6. The molecule has 0 aliphatic heterocycles. The van der Waals surface area contributed by atoms with Crippen LogP contribution < -0.4 is 33.2 Å². The van der Waals surface area contributed by atoms with Gasteiger partial charge in [0.2, 0.25) is 17.7 Å². The highest BCUT2D eigenvalue weighted by atomic mass is 16.4. The number of guanidine groups is 1. The second-order valence-electron chi connectivity index (χ2n) is 7.64. The van der Waals surface area contributed by atoms with Gasteiger partial charge in [-0.05, 0) is 25.3 Å². The van der Waals surface area contributed by atoms with Crippen molar-refractivity contribution in [1.29, 1.82) is 0 Å². The Morgan fingerprint density at radius 2 is 1.68 bits per heavy atom. The highest BCUT2D eigenvalue weighted by Crippen LogP contribution is 2.05. The Kier molecular flexibility index (Phi) is 12.0. The van der Waals surface area contributed by atoms with Crippen molar-refractivity contribution in [2.24, 2.45) is 22.2 Å². The number of amides is 3. The number of aliphatic imine (C=N–C) groups is 1. The molecule has 3 amide bonds. The van der Waals surface area contributed by atoms with Crippen molar-refractivity contribution in [1.82, 2.24) is 16.0 Å². The number of aliphatic carboxylic acids is 1. The molecule has 0 spiro atoms. The standard InChI is InChI=1S/C21H33N7O6/c1-12(29)17(22)19(32)26-11-16(30)27-14(8-5-9-25-21(23)24)18(31)28-15(20(33)34)10-13-6-3-2-4-7-13/h2-4,6-7,12,14-15,17,29H,5,8-11,22H2,1H3,(H,26,32)(H,27,30)(H,28,31)(H,33,34)(H4,23,24,25). The second kappa shape index (κ2) is 14.4. The maximum absolute atomic E-state index is 12.8. The van der Waals surface area contributed by atoms with E-state index < -0.39 is 54.5 Å². The van der Waals surface area contributed by atoms with E-state index in [1.807, 2.05) is 0 Å². The average Bonchev–Trinajstić information content (AvgIpc) is 2.78. The molecule has 188 valence electrons. The number of nitrogens with one attached hydrogen (secondary N) is 3. The lowest BCUT2D eigenvalue weighted by molar-refractivity contribution is -0.142. The van der Waals surface area contributed by atoms with E-state index in [9.17, 15) is 29.4 Å². The Bertz CT molecular complexity index is 858. The van der Waals surface area contributed by atoms with Gasteiger partial charge >= 0.3 is 5.97 Å². The monoisotopic (exact) mass is 479 g/mol. The van der Waals surface area contributed by atoms with Crippen LogP contribution in [-0.4, -0.2) is 77.2 Å². The Labute approximate surface area is 197 Å². The van der Waals surface area contributed by atoms with E-state index in [2.05, 4.69) is 20.9 Å². The van der Waals surface area contributed by atoms with Gasteiger partial charge in [-0.25, -0.2) is 4.79 Å². The van der Waals surface area contributed by atoms with Gasteiger partial charge in [0.1, 0.15) is 18.1 Å². The fraction of sp³-hybridized carbons (Fsp3) is 0.476. The quantitative estimate of drug-likeness (QED) is 0.0778. The molecule has 13 nitrogen and oxygen atoms in total. The molecule has 4 unspecified atom stereocenters. The number of nitrogens with two attached hydrogens (primary N) is 3. The smallest absolute Gasteiger partial charge is 0.326 e.